The summed E-state index contributed by atoms with van der Waals surface area (Å²) in [4.78, 5) is 27.3. The van der Waals surface area contributed by atoms with Crippen LogP contribution < -0.4 is 18.9 Å². The van der Waals surface area contributed by atoms with Gasteiger partial charge in [0.05, 0.1) is 66.0 Å². The normalized spacial score (nSPS) is 14.8. The smallest absolute Gasteiger partial charge is 0.350 e. The summed E-state index contributed by atoms with van der Waals surface area (Å²) in [6.45, 7) is 31.8. The van der Waals surface area contributed by atoms with Crippen molar-refractivity contribution in [3.8, 4) is 35.1 Å². The number of allylic oxidation sites excluding steroid dienone is 4. The fourth-order valence-corrected chi connectivity index (χ4v) is 13.6. The molecule has 0 fully saturated rings. The number of hydrogen-bond acceptors (Lipinski definition) is 16. The number of esters is 2. The number of carbonyl (C=O) groups excluding carboxylic acids is 2. The van der Waals surface area contributed by atoms with E-state index in [1.54, 1.807) is 48.8 Å². The summed E-state index contributed by atoms with van der Waals surface area (Å²) < 4.78 is 83.2. The minimum atomic E-state index is -3.68. The lowest BCUT2D eigenvalue weighted by atomic mass is 9.94. The molecule has 2 unspecified atom stereocenters. The van der Waals surface area contributed by atoms with E-state index in [-0.39, 0.29) is 58.5 Å². The molecule has 0 aliphatic carbocycles. The van der Waals surface area contributed by atoms with Crippen LogP contribution in [0.25, 0.3) is 0 Å². The van der Waals surface area contributed by atoms with Crippen LogP contribution in [0.2, 0.25) is 51.4 Å². The average molecular weight is 1230 g/mol. The van der Waals surface area contributed by atoms with Crippen LogP contribution in [0, 0.1) is 36.5 Å². The lowest BCUT2D eigenvalue weighted by Gasteiger charge is -2.30. The summed E-state index contributed by atoms with van der Waals surface area (Å²) in [5.41, 5.74) is 6.49. The standard InChI is InChI=1S/C27H42NO7PSi.C26H40NO7PSi.CH3I/c1-10-34-36(30,35-11-2)27(5,18-28)16-19(3)12-13-21-24(31-6)20(4)22-17-33-26(29)23(22)25(21)32-14-15-37(7,8)9;1-9-33-35(29,34-10-2)20(16-27)15-18(3)11-12-21-24(30-5)19(4)22-17-32-26(28)23(22)25(21)31-13-14-36(6,7)8;1-2/h12H,10-11,13-17H2,1-9H3;11,20H,9-10,12-15,17H2,1-8H3;1H3/b19-12+;18-11+;. The van der Waals surface area contributed by atoms with Crippen LogP contribution in [-0.2, 0) is 62.8 Å². The number of benzene rings is 2. The van der Waals surface area contributed by atoms with Gasteiger partial charge in [-0.1, -0.05) is 85.2 Å². The highest BCUT2D eigenvalue weighted by Crippen LogP contribution is 2.62. The van der Waals surface area contributed by atoms with E-state index in [0.29, 0.717) is 60.2 Å². The van der Waals surface area contributed by atoms with Crippen molar-refractivity contribution in [3.63, 3.8) is 0 Å². The Labute approximate surface area is 464 Å². The van der Waals surface area contributed by atoms with E-state index in [9.17, 15) is 29.2 Å². The van der Waals surface area contributed by atoms with Gasteiger partial charge < -0.3 is 46.5 Å². The average Bonchev–Trinajstić information content (AvgIpc) is 3.93. The molecule has 0 saturated carbocycles. The number of alkyl halides is 1. The van der Waals surface area contributed by atoms with E-state index in [4.69, 9.17) is 46.5 Å². The van der Waals surface area contributed by atoms with Crippen LogP contribution >= 0.6 is 37.8 Å². The van der Waals surface area contributed by atoms with Gasteiger partial charge in [-0.25, -0.2) is 9.59 Å². The van der Waals surface area contributed by atoms with E-state index in [0.717, 1.165) is 56.6 Å². The van der Waals surface area contributed by atoms with Gasteiger partial charge in [-0.15, -0.1) is 0 Å². The Balaban J connectivity index is 0.000000497. The SMILES string of the molecule is CCOP(=O)(OCC)C(C#N)C/C(C)=C/Cc1c(OC)c(C)c2c(c1OCC[Si](C)(C)C)C(=O)OC2.CCOP(=O)(OCC)C(C)(C#N)C/C(C)=C/Cc1c(OC)c(C)c2c(c1OCC[Si](C)(C)C)C(=O)OC2.CI. The molecule has 2 aromatic carbocycles. The number of nitrogens with zero attached hydrogens (tertiary/aromatic N) is 2. The first-order chi connectivity index (χ1) is 35.2. The molecule has 16 nitrogen and oxygen atoms in total. The van der Waals surface area contributed by atoms with Crippen LogP contribution in [0.3, 0.4) is 0 Å². The third-order valence-corrected chi connectivity index (χ3v) is 20.9. The van der Waals surface area contributed by atoms with E-state index in [1.165, 1.54) is 0 Å². The summed E-state index contributed by atoms with van der Waals surface area (Å²) in [6, 6.07) is 6.16. The molecule has 4 rings (SSSR count). The van der Waals surface area contributed by atoms with E-state index < -0.39 is 48.1 Å². The summed E-state index contributed by atoms with van der Waals surface area (Å²) in [5.74, 6) is 1.53. The summed E-state index contributed by atoms with van der Waals surface area (Å²) >= 11 is 2.15. The molecule has 0 amide bonds. The third-order valence-electron chi connectivity index (χ3n) is 12.5. The number of fused-ring (bicyclic) bond motifs is 2. The first-order valence-corrected chi connectivity index (χ1v) is 38.2. The number of halogens is 1. The Morgan fingerprint density at radius 3 is 1.41 bits per heavy atom. The Kier molecular flexibility index (Phi) is 27.6. The maximum atomic E-state index is 13.5. The maximum absolute atomic E-state index is 13.5. The minimum absolute atomic E-state index is 0.178. The molecule has 0 N–H and O–H groups in total. The van der Waals surface area contributed by atoms with Gasteiger partial charge in [0.2, 0.25) is 0 Å². The maximum Gasteiger partial charge on any atom is 0.350 e. The van der Waals surface area contributed by atoms with Gasteiger partial charge in [-0.2, -0.15) is 10.5 Å². The lowest BCUT2D eigenvalue weighted by Crippen LogP contribution is -2.26. The van der Waals surface area contributed by atoms with Gasteiger partial charge in [0.15, 0.2) is 10.8 Å². The second kappa shape index (κ2) is 30.6. The molecule has 0 spiro atoms. The minimum Gasteiger partial charge on any atom is -0.496 e. The molecule has 75 heavy (non-hydrogen) atoms. The van der Waals surface area contributed by atoms with Crippen LogP contribution in [0.4, 0.5) is 0 Å². The summed E-state index contributed by atoms with van der Waals surface area (Å²) in [7, 11) is -6.78. The second-order valence-corrected chi connectivity index (χ2v) is 36.7. The van der Waals surface area contributed by atoms with Gasteiger partial charge >= 0.3 is 27.1 Å². The molecular formula is C54H85IN2O14P2Si2. The monoisotopic (exact) mass is 1230 g/mol. The highest BCUT2D eigenvalue weighted by atomic mass is 127. The van der Waals surface area contributed by atoms with E-state index in [2.05, 4.69) is 74.0 Å². The van der Waals surface area contributed by atoms with Crippen molar-refractivity contribution in [2.45, 2.75) is 163 Å². The molecule has 2 atom stereocenters. The molecule has 2 heterocycles. The van der Waals surface area contributed by atoms with Gasteiger partial charge in [0, 0.05) is 38.4 Å². The number of rotatable bonds is 28. The molecule has 0 bridgehead atoms. The van der Waals surface area contributed by atoms with E-state index >= 15 is 0 Å². The largest absolute Gasteiger partial charge is 0.496 e. The van der Waals surface area contributed by atoms with Crippen molar-refractivity contribution in [2.24, 2.45) is 0 Å². The molecule has 2 aromatic rings. The number of nitriles is 2. The zero-order valence-electron chi connectivity index (χ0n) is 48.0. The van der Waals surface area contributed by atoms with Crippen LogP contribution in [0.5, 0.6) is 23.0 Å². The molecule has 2 aliphatic heterocycles. The Bertz CT molecular complexity index is 2520. The number of carbonyl (C=O) groups is 2. The van der Waals surface area contributed by atoms with Crippen LogP contribution in [-0.4, -0.2) is 97.7 Å². The zero-order chi connectivity index (χ0) is 57.1. The van der Waals surface area contributed by atoms with Crippen molar-refractivity contribution in [1.82, 2.24) is 0 Å². The molecule has 0 radical (unpaired) electrons. The first kappa shape index (κ1) is 67.6. The second-order valence-electron chi connectivity index (χ2n) is 20.7. The predicted molar refractivity (Wildman–Crippen MR) is 310 cm³/mol. The number of methoxy groups -OCH3 is 2. The molecule has 21 heteroatoms. The number of hydrogen-bond donors (Lipinski definition) is 0. The lowest BCUT2D eigenvalue weighted by molar-refractivity contribution is 0.0522. The van der Waals surface area contributed by atoms with Gasteiger partial charge in [0.1, 0.15) is 47.3 Å². The van der Waals surface area contributed by atoms with Gasteiger partial charge in [0.25, 0.3) is 0 Å². The van der Waals surface area contributed by atoms with Crippen LogP contribution in [0.15, 0.2) is 23.3 Å². The third kappa shape index (κ3) is 18.0. The van der Waals surface area contributed by atoms with Crippen molar-refractivity contribution >= 4 is 65.9 Å². The Morgan fingerprint density at radius 1 is 0.693 bits per heavy atom. The van der Waals surface area contributed by atoms with Gasteiger partial charge in [-0.05, 0) is 116 Å². The fraction of sp³-hybridized carbons (Fsp3) is 0.630. The van der Waals surface area contributed by atoms with Gasteiger partial charge in [-0.3, -0.25) is 9.13 Å². The van der Waals surface area contributed by atoms with Crippen LogP contribution in [0.1, 0.15) is 115 Å². The molecule has 420 valence electrons. The molecule has 2 aliphatic rings. The molecule has 0 aromatic heterocycles. The fourth-order valence-electron chi connectivity index (χ4n) is 8.48. The predicted octanol–water partition coefficient (Wildman–Crippen LogP) is 14.3. The number of cyclic esters (lactones) is 2. The highest BCUT2D eigenvalue weighted by Gasteiger charge is 2.48. The van der Waals surface area contributed by atoms with E-state index in [1.807, 2.05) is 44.8 Å². The van der Waals surface area contributed by atoms with Crippen molar-refractivity contribution in [1.29, 1.82) is 10.5 Å². The molecule has 0 saturated heterocycles. The quantitative estimate of drug-likeness (QED) is 0.0194. The van der Waals surface area contributed by atoms with Crippen molar-refractivity contribution in [3.05, 3.63) is 67.8 Å². The first-order valence-electron chi connectivity index (χ1n) is 25.5. The Morgan fingerprint density at radius 2 is 1.08 bits per heavy atom. The number of ether oxygens (including phenoxy) is 6. The summed E-state index contributed by atoms with van der Waals surface area (Å²) in [6.07, 6.45) is 5.13. The Hall–Kier alpha value is -3.50. The topological polar surface area (TPSA) is 208 Å². The summed E-state index contributed by atoms with van der Waals surface area (Å²) in [5, 5.41) is 18.3. The highest BCUT2D eigenvalue weighted by molar-refractivity contribution is 14.1. The van der Waals surface area contributed by atoms with Crippen molar-refractivity contribution in [2.75, 3.05) is 58.8 Å². The molecular weight excluding hydrogens is 1150 g/mol. The van der Waals surface area contributed by atoms with Crippen molar-refractivity contribution < 1.29 is 65.2 Å². The zero-order valence-corrected chi connectivity index (χ0v) is 54.0.